The lowest BCUT2D eigenvalue weighted by molar-refractivity contribution is -0.155. The molecule has 1 N–H and O–H groups in total. The highest BCUT2D eigenvalue weighted by Crippen LogP contribution is 2.10. The fraction of sp³-hybridized carbons (Fsp3) is 0.769. The number of hydrogen-bond acceptors (Lipinski definition) is 5. The maximum absolute atomic E-state index is 11.5. The van der Waals surface area contributed by atoms with Crippen molar-refractivity contribution in [3.8, 4) is 0 Å². The van der Waals surface area contributed by atoms with Crippen LogP contribution in [-0.4, -0.2) is 35.6 Å². The Morgan fingerprint density at radius 1 is 1.05 bits per heavy atom. The molecule has 0 saturated heterocycles. The van der Waals surface area contributed by atoms with Crippen molar-refractivity contribution in [3.63, 3.8) is 0 Å². The van der Waals surface area contributed by atoms with Crippen LogP contribution in [0.5, 0.6) is 0 Å². The van der Waals surface area contributed by atoms with Crippen molar-refractivity contribution in [2.45, 2.75) is 65.2 Å². The number of carbonyl (C=O) groups excluding carboxylic acids is 3. The molecular weight excluding hydrogens is 250 g/mol. The van der Waals surface area contributed by atoms with Gasteiger partial charge in [-0.15, -0.1) is 0 Å². The summed E-state index contributed by atoms with van der Waals surface area (Å²) in [5, 5.41) is 2.31. The van der Waals surface area contributed by atoms with Crippen LogP contribution in [0, 0.1) is 0 Å². The molecule has 6 heteroatoms. The summed E-state index contributed by atoms with van der Waals surface area (Å²) in [4.78, 5) is 33.8. The van der Waals surface area contributed by atoms with Crippen molar-refractivity contribution < 1.29 is 23.9 Å². The fourth-order valence-electron chi connectivity index (χ4n) is 1.15. The Balaban J connectivity index is 4.33. The molecular formula is C13H23NO5. The molecule has 0 heterocycles. The van der Waals surface area contributed by atoms with E-state index in [1.165, 1.54) is 0 Å². The lowest BCUT2D eigenvalue weighted by Gasteiger charge is -2.23. The molecule has 0 saturated carbocycles. The van der Waals surface area contributed by atoms with Gasteiger partial charge in [0, 0.05) is 0 Å². The molecule has 19 heavy (non-hydrogen) atoms. The van der Waals surface area contributed by atoms with Gasteiger partial charge in [-0.25, -0.2) is 4.79 Å². The smallest absolute Gasteiger partial charge is 0.408 e. The van der Waals surface area contributed by atoms with Gasteiger partial charge in [0.15, 0.2) is 0 Å². The van der Waals surface area contributed by atoms with Gasteiger partial charge in [0.05, 0.1) is 12.5 Å². The van der Waals surface area contributed by atoms with E-state index in [1.54, 1.807) is 41.5 Å². The molecule has 0 radical (unpaired) electrons. The zero-order valence-corrected chi connectivity index (χ0v) is 12.4. The monoisotopic (exact) mass is 273 g/mol. The highest BCUT2D eigenvalue weighted by Gasteiger charge is 2.23. The van der Waals surface area contributed by atoms with Crippen molar-refractivity contribution >= 4 is 18.3 Å². The van der Waals surface area contributed by atoms with Crippen LogP contribution in [0.4, 0.5) is 4.79 Å². The third-order valence-corrected chi connectivity index (χ3v) is 1.67. The van der Waals surface area contributed by atoms with Crippen LogP contribution < -0.4 is 5.32 Å². The zero-order chi connectivity index (χ0) is 15.3. The molecule has 1 amide bonds. The van der Waals surface area contributed by atoms with Gasteiger partial charge in [0.1, 0.15) is 17.5 Å². The first kappa shape index (κ1) is 17.4. The minimum atomic E-state index is -0.954. The number of hydrogen-bond donors (Lipinski definition) is 1. The van der Waals surface area contributed by atoms with Gasteiger partial charge in [-0.3, -0.25) is 4.79 Å². The number of rotatable bonds is 4. The van der Waals surface area contributed by atoms with Crippen molar-refractivity contribution in [1.29, 1.82) is 0 Å². The van der Waals surface area contributed by atoms with Crippen LogP contribution in [-0.2, 0) is 19.1 Å². The maximum Gasteiger partial charge on any atom is 0.408 e. The maximum atomic E-state index is 11.5. The normalized spacial score (nSPS) is 13.4. The molecule has 0 aliphatic rings. The molecule has 0 rings (SSSR count). The molecule has 0 spiro atoms. The van der Waals surface area contributed by atoms with Crippen molar-refractivity contribution in [2.24, 2.45) is 0 Å². The molecule has 0 aliphatic heterocycles. The predicted octanol–water partition coefficient (Wildman–Crippen LogP) is 1.81. The topological polar surface area (TPSA) is 81.7 Å². The van der Waals surface area contributed by atoms with E-state index in [4.69, 9.17) is 9.47 Å². The SMILES string of the molecule is CC(C)(C)OC(=O)CC(C=O)NC(=O)OC(C)(C)C. The average molecular weight is 273 g/mol. The fourth-order valence-corrected chi connectivity index (χ4v) is 1.15. The number of aldehydes is 1. The second-order valence-corrected chi connectivity index (χ2v) is 6.18. The van der Waals surface area contributed by atoms with Gasteiger partial charge >= 0.3 is 12.1 Å². The minimum Gasteiger partial charge on any atom is -0.460 e. The molecule has 0 fully saturated rings. The molecule has 0 bridgehead atoms. The molecule has 0 aromatic rings. The summed E-state index contributed by atoms with van der Waals surface area (Å²) in [6, 6.07) is -0.954. The number of carbonyl (C=O) groups is 3. The number of nitrogens with one attached hydrogen (secondary N) is 1. The highest BCUT2D eigenvalue weighted by molar-refractivity contribution is 5.79. The van der Waals surface area contributed by atoms with Crippen LogP contribution in [0.15, 0.2) is 0 Å². The summed E-state index contributed by atoms with van der Waals surface area (Å²) in [6.45, 7) is 10.3. The van der Waals surface area contributed by atoms with E-state index in [0.29, 0.717) is 6.29 Å². The summed E-state index contributed by atoms with van der Waals surface area (Å²) < 4.78 is 10.1. The molecule has 1 atom stereocenters. The van der Waals surface area contributed by atoms with E-state index in [2.05, 4.69) is 5.32 Å². The number of amides is 1. The molecule has 0 aliphatic carbocycles. The van der Waals surface area contributed by atoms with Gasteiger partial charge in [-0.2, -0.15) is 0 Å². The van der Waals surface area contributed by atoms with Gasteiger partial charge in [0.25, 0.3) is 0 Å². The molecule has 0 aromatic carbocycles. The standard InChI is InChI=1S/C13H23NO5/c1-12(2,3)18-10(16)7-9(8-15)14-11(17)19-13(4,5)6/h8-9H,7H2,1-6H3,(H,14,17). The summed E-state index contributed by atoms with van der Waals surface area (Å²) in [5.41, 5.74) is -1.29. The number of ether oxygens (including phenoxy) is 2. The van der Waals surface area contributed by atoms with E-state index in [1.807, 2.05) is 0 Å². The summed E-state index contributed by atoms with van der Waals surface area (Å²) in [7, 11) is 0. The van der Waals surface area contributed by atoms with E-state index in [0.717, 1.165) is 0 Å². The Morgan fingerprint density at radius 3 is 1.89 bits per heavy atom. The molecule has 6 nitrogen and oxygen atoms in total. The summed E-state index contributed by atoms with van der Waals surface area (Å²) >= 11 is 0. The Labute approximate surface area is 113 Å². The first-order chi connectivity index (χ1) is 8.43. The van der Waals surface area contributed by atoms with Gasteiger partial charge < -0.3 is 19.6 Å². The van der Waals surface area contributed by atoms with Crippen LogP contribution >= 0.6 is 0 Å². The van der Waals surface area contributed by atoms with Crippen LogP contribution in [0.1, 0.15) is 48.0 Å². The molecule has 1 unspecified atom stereocenters. The first-order valence-corrected chi connectivity index (χ1v) is 6.09. The van der Waals surface area contributed by atoms with E-state index >= 15 is 0 Å². The van der Waals surface area contributed by atoms with E-state index in [9.17, 15) is 14.4 Å². The molecule has 0 aromatic heterocycles. The zero-order valence-electron chi connectivity index (χ0n) is 12.4. The Hall–Kier alpha value is -1.59. The third kappa shape index (κ3) is 10.1. The lowest BCUT2D eigenvalue weighted by Crippen LogP contribution is -2.41. The average Bonchev–Trinajstić information content (AvgIpc) is 2.10. The summed E-state index contributed by atoms with van der Waals surface area (Å²) in [6.07, 6.45) is -0.485. The van der Waals surface area contributed by atoms with E-state index < -0.39 is 29.3 Å². The molecule has 110 valence electrons. The van der Waals surface area contributed by atoms with E-state index in [-0.39, 0.29) is 6.42 Å². The lowest BCUT2D eigenvalue weighted by atomic mass is 10.2. The highest BCUT2D eigenvalue weighted by atomic mass is 16.6. The second kappa shape index (κ2) is 6.54. The predicted molar refractivity (Wildman–Crippen MR) is 69.7 cm³/mol. The number of alkyl carbamates (subject to hydrolysis) is 1. The number of esters is 1. The van der Waals surface area contributed by atoms with Gasteiger partial charge in [-0.05, 0) is 41.5 Å². The van der Waals surface area contributed by atoms with Gasteiger partial charge in [0.2, 0.25) is 0 Å². The van der Waals surface area contributed by atoms with Crippen molar-refractivity contribution in [1.82, 2.24) is 5.32 Å². The Kier molecular flexibility index (Phi) is 5.99. The quantitative estimate of drug-likeness (QED) is 0.624. The first-order valence-electron chi connectivity index (χ1n) is 6.09. The third-order valence-electron chi connectivity index (χ3n) is 1.67. The van der Waals surface area contributed by atoms with Crippen molar-refractivity contribution in [3.05, 3.63) is 0 Å². The van der Waals surface area contributed by atoms with Crippen LogP contribution in [0.25, 0.3) is 0 Å². The minimum absolute atomic E-state index is 0.222. The Morgan fingerprint density at radius 2 is 1.53 bits per heavy atom. The second-order valence-electron chi connectivity index (χ2n) is 6.18. The van der Waals surface area contributed by atoms with Gasteiger partial charge in [-0.1, -0.05) is 0 Å². The Bertz CT molecular complexity index is 308. The largest absolute Gasteiger partial charge is 0.460 e. The van der Waals surface area contributed by atoms with Crippen LogP contribution in [0.3, 0.4) is 0 Å². The van der Waals surface area contributed by atoms with Crippen LogP contribution in [0.2, 0.25) is 0 Å². The summed E-state index contributed by atoms with van der Waals surface area (Å²) in [5.74, 6) is -0.555. The van der Waals surface area contributed by atoms with Crippen molar-refractivity contribution in [2.75, 3.05) is 0 Å².